The molecule has 1 aliphatic rings. The lowest BCUT2D eigenvalue weighted by molar-refractivity contribution is -0.130. The van der Waals surface area contributed by atoms with E-state index in [-0.39, 0.29) is 11.8 Å². The SMILES string of the molecule is O=C(CSc1ccncc1)N1CCC(C(O)c2ccccn2)CC1. The average molecular weight is 343 g/mol. The molecule has 24 heavy (non-hydrogen) atoms. The summed E-state index contributed by atoms with van der Waals surface area (Å²) in [7, 11) is 0. The van der Waals surface area contributed by atoms with Crippen LogP contribution in [0.4, 0.5) is 0 Å². The molecular weight excluding hydrogens is 322 g/mol. The van der Waals surface area contributed by atoms with Gasteiger partial charge in [-0.15, -0.1) is 11.8 Å². The molecule has 1 unspecified atom stereocenters. The molecule has 2 aromatic rings. The van der Waals surface area contributed by atoms with Crippen molar-refractivity contribution in [2.24, 2.45) is 5.92 Å². The van der Waals surface area contributed by atoms with Crippen LogP contribution in [-0.2, 0) is 4.79 Å². The van der Waals surface area contributed by atoms with Gasteiger partial charge in [0.25, 0.3) is 0 Å². The van der Waals surface area contributed by atoms with Gasteiger partial charge in [0.05, 0.1) is 17.6 Å². The summed E-state index contributed by atoms with van der Waals surface area (Å²) in [5.74, 6) is 0.761. The third kappa shape index (κ3) is 4.33. The normalized spacial score (nSPS) is 16.8. The Morgan fingerprint density at radius 2 is 1.96 bits per heavy atom. The van der Waals surface area contributed by atoms with E-state index in [4.69, 9.17) is 0 Å². The number of thioether (sulfide) groups is 1. The molecule has 6 heteroatoms. The summed E-state index contributed by atoms with van der Waals surface area (Å²) in [4.78, 5) is 23.5. The smallest absolute Gasteiger partial charge is 0.232 e. The summed E-state index contributed by atoms with van der Waals surface area (Å²) in [6, 6.07) is 9.41. The molecule has 1 amide bonds. The molecule has 1 atom stereocenters. The van der Waals surface area contributed by atoms with E-state index in [9.17, 15) is 9.90 Å². The van der Waals surface area contributed by atoms with Gasteiger partial charge in [0.15, 0.2) is 0 Å². The molecule has 0 aromatic carbocycles. The Balaban J connectivity index is 1.47. The first kappa shape index (κ1) is 16.9. The molecule has 5 nitrogen and oxygen atoms in total. The van der Waals surface area contributed by atoms with Gasteiger partial charge in [0.1, 0.15) is 0 Å². The van der Waals surface area contributed by atoms with Crippen LogP contribution >= 0.6 is 11.8 Å². The van der Waals surface area contributed by atoms with E-state index < -0.39 is 6.10 Å². The molecule has 2 aromatic heterocycles. The molecule has 1 aliphatic heterocycles. The van der Waals surface area contributed by atoms with E-state index in [0.29, 0.717) is 18.8 Å². The molecule has 0 radical (unpaired) electrons. The minimum Gasteiger partial charge on any atom is -0.387 e. The first-order chi connectivity index (χ1) is 11.7. The Bertz CT molecular complexity index is 646. The van der Waals surface area contributed by atoms with Gasteiger partial charge in [-0.05, 0) is 43.0 Å². The van der Waals surface area contributed by atoms with Crippen molar-refractivity contribution in [1.82, 2.24) is 14.9 Å². The van der Waals surface area contributed by atoms with Crippen LogP contribution in [0.3, 0.4) is 0 Å². The van der Waals surface area contributed by atoms with E-state index in [1.54, 1.807) is 18.6 Å². The number of amides is 1. The van der Waals surface area contributed by atoms with Crippen molar-refractivity contribution in [3.63, 3.8) is 0 Å². The summed E-state index contributed by atoms with van der Waals surface area (Å²) < 4.78 is 0. The molecule has 0 spiro atoms. The Kier molecular flexibility index (Phi) is 5.82. The zero-order valence-electron chi connectivity index (χ0n) is 13.4. The van der Waals surface area contributed by atoms with Gasteiger partial charge >= 0.3 is 0 Å². The van der Waals surface area contributed by atoms with Gasteiger partial charge in [0.2, 0.25) is 5.91 Å². The largest absolute Gasteiger partial charge is 0.387 e. The third-order valence-corrected chi connectivity index (χ3v) is 5.34. The van der Waals surface area contributed by atoms with Crippen molar-refractivity contribution >= 4 is 17.7 Å². The number of carbonyl (C=O) groups excluding carboxylic acids is 1. The van der Waals surface area contributed by atoms with Crippen LogP contribution in [0.15, 0.2) is 53.8 Å². The van der Waals surface area contributed by atoms with Gasteiger partial charge < -0.3 is 10.0 Å². The lowest BCUT2D eigenvalue weighted by Gasteiger charge is -2.34. The molecule has 1 saturated heterocycles. The van der Waals surface area contributed by atoms with Crippen LogP contribution in [0.2, 0.25) is 0 Å². The van der Waals surface area contributed by atoms with Crippen LogP contribution in [0.1, 0.15) is 24.6 Å². The van der Waals surface area contributed by atoms with Gasteiger partial charge in [-0.2, -0.15) is 0 Å². The quantitative estimate of drug-likeness (QED) is 0.845. The lowest BCUT2D eigenvalue weighted by Crippen LogP contribution is -2.40. The minimum atomic E-state index is -0.547. The zero-order chi connectivity index (χ0) is 16.8. The van der Waals surface area contributed by atoms with Crippen LogP contribution in [0.5, 0.6) is 0 Å². The fraction of sp³-hybridized carbons (Fsp3) is 0.389. The van der Waals surface area contributed by atoms with Crippen molar-refractivity contribution in [2.75, 3.05) is 18.8 Å². The second-order valence-electron chi connectivity index (χ2n) is 5.89. The highest BCUT2D eigenvalue weighted by atomic mass is 32.2. The van der Waals surface area contributed by atoms with Gasteiger partial charge in [-0.25, -0.2) is 0 Å². The summed E-state index contributed by atoms with van der Waals surface area (Å²) in [6.07, 6.45) is 6.24. The molecular formula is C18H21N3O2S. The first-order valence-electron chi connectivity index (χ1n) is 8.13. The first-order valence-corrected chi connectivity index (χ1v) is 9.12. The number of piperidine rings is 1. The van der Waals surface area contributed by atoms with Crippen LogP contribution in [-0.4, -0.2) is 44.7 Å². The van der Waals surface area contributed by atoms with E-state index in [0.717, 1.165) is 23.4 Å². The Morgan fingerprint density at radius 3 is 2.62 bits per heavy atom. The number of pyridine rings is 2. The maximum atomic E-state index is 12.3. The monoisotopic (exact) mass is 343 g/mol. The number of likely N-dealkylation sites (tertiary alicyclic amines) is 1. The summed E-state index contributed by atoms with van der Waals surface area (Å²) >= 11 is 1.54. The number of nitrogens with zero attached hydrogens (tertiary/aromatic N) is 3. The van der Waals surface area contributed by atoms with E-state index in [2.05, 4.69) is 9.97 Å². The molecule has 1 N–H and O–H groups in total. The van der Waals surface area contributed by atoms with E-state index >= 15 is 0 Å². The van der Waals surface area contributed by atoms with Crippen molar-refractivity contribution in [2.45, 2.75) is 23.8 Å². The molecule has 126 valence electrons. The summed E-state index contributed by atoms with van der Waals surface area (Å²) in [5.41, 5.74) is 0.718. The molecule has 3 rings (SSSR count). The van der Waals surface area contributed by atoms with Crippen LogP contribution in [0, 0.1) is 5.92 Å². The molecule has 0 aliphatic carbocycles. The fourth-order valence-electron chi connectivity index (χ4n) is 2.93. The maximum Gasteiger partial charge on any atom is 0.232 e. The van der Waals surface area contributed by atoms with Crippen molar-refractivity contribution in [3.05, 3.63) is 54.6 Å². The van der Waals surface area contributed by atoms with Crippen molar-refractivity contribution in [3.8, 4) is 0 Å². The number of hydrogen-bond donors (Lipinski definition) is 1. The van der Waals surface area contributed by atoms with E-state index in [1.165, 1.54) is 11.8 Å². The van der Waals surface area contributed by atoms with Crippen molar-refractivity contribution in [1.29, 1.82) is 0 Å². The number of aliphatic hydroxyl groups is 1. The average Bonchev–Trinajstić information content (AvgIpc) is 2.67. The van der Waals surface area contributed by atoms with Gasteiger partial charge in [-0.1, -0.05) is 6.07 Å². The number of aliphatic hydroxyl groups excluding tert-OH is 1. The number of carbonyl (C=O) groups is 1. The second-order valence-corrected chi connectivity index (χ2v) is 6.94. The second kappa shape index (κ2) is 8.26. The lowest BCUT2D eigenvalue weighted by atomic mass is 9.89. The van der Waals surface area contributed by atoms with E-state index in [1.807, 2.05) is 35.2 Å². The maximum absolute atomic E-state index is 12.3. The number of hydrogen-bond acceptors (Lipinski definition) is 5. The standard InChI is InChI=1S/C18H21N3O2S/c22-17(13-24-15-4-9-19-10-5-15)21-11-6-14(7-12-21)18(23)16-3-1-2-8-20-16/h1-5,8-10,14,18,23H,6-7,11-13H2. The third-order valence-electron chi connectivity index (χ3n) is 4.34. The summed E-state index contributed by atoms with van der Waals surface area (Å²) in [6.45, 7) is 1.40. The molecule has 0 saturated carbocycles. The Morgan fingerprint density at radius 1 is 1.21 bits per heavy atom. The van der Waals surface area contributed by atoms with Crippen LogP contribution < -0.4 is 0 Å². The Labute approximate surface area is 146 Å². The fourth-order valence-corrected chi connectivity index (χ4v) is 3.71. The predicted molar refractivity (Wildman–Crippen MR) is 93.5 cm³/mol. The molecule has 1 fully saturated rings. The van der Waals surface area contributed by atoms with Crippen molar-refractivity contribution < 1.29 is 9.90 Å². The highest BCUT2D eigenvalue weighted by molar-refractivity contribution is 8.00. The van der Waals surface area contributed by atoms with Crippen LogP contribution in [0.25, 0.3) is 0 Å². The molecule has 3 heterocycles. The predicted octanol–water partition coefficient (Wildman–Crippen LogP) is 2.54. The Hall–Kier alpha value is -1.92. The minimum absolute atomic E-state index is 0.155. The highest BCUT2D eigenvalue weighted by Crippen LogP contribution is 2.30. The summed E-state index contributed by atoms with van der Waals surface area (Å²) in [5, 5.41) is 10.4. The van der Waals surface area contributed by atoms with Gasteiger partial charge in [-0.3, -0.25) is 14.8 Å². The number of rotatable bonds is 5. The highest BCUT2D eigenvalue weighted by Gasteiger charge is 2.28. The topological polar surface area (TPSA) is 66.3 Å². The molecule has 0 bridgehead atoms. The zero-order valence-corrected chi connectivity index (χ0v) is 14.2. The van der Waals surface area contributed by atoms with Gasteiger partial charge in [0, 0.05) is 36.6 Å². The number of aromatic nitrogens is 2.